The quantitative estimate of drug-likeness (QED) is 0.423. The zero-order valence-corrected chi connectivity index (χ0v) is 17.5. The Balaban J connectivity index is 0.000000195. The van der Waals surface area contributed by atoms with Gasteiger partial charge in [-0.25, -0.2) is 0 Å². The Kier molecular flexibility index (Phi) is 9.44. The molecule has 0 nitrogen and oxygen atoms in total. The van der Waals surface area contributed by atoms with Crippen molar-refractivity contribution >= 4 is 0 Å². The van der Waals surface area contributed by atoms with Crippen LogP contribution in [0.4, 0.5) is 0 Å². The second-order valence-corrected chi connectivity index (χ2v) is 7.39. The summed E-state index contributed by atoms with van der Waals surface area (Å²) in [6.07, 6.45) is 0. The number of hydrogen-bond donors (Lipinski definition) is 0. The topological polar surface area (TPSA) is 0 Å². The predicted molar refractivity (Wildman–Crippen MR) is 117 cm³/mol. The van der Waals surface area contributed by atoms with Crippen molar-refractivity contribution in [3.05, 3.63) is 106 Å². The Bertz CT molecular complexity index is 678. The molecule has 0 saturated carbocycles. The van der Waals surface area contributed by atoms with E-state index in [9.17, 15) is 0 Å². The van der Waals surface area contributed by atoms with E-state index in [-0.39, 0.29) is 0 Å². The van der Waals surface area contributed by atoms with E-state index < -0.39 is 0 Å². The van der Waals surface area contributed by atoms with Gasteiger partial charge in [0.05, 0.1) is 0 Å². The van der Waals surface area contributed by atoms with Crippen LogP contribution in [0.15, 0.2) is 72.8 Å². The van der Waals surface area contributed by atoms with E-state index in [1.807, 2.05) is 6.07 Å². The molecule has 0 amide bonds. The van der Waals surface area contributed by atoms with Crippen molar-refractivity contribution in [2.75, 3.05) is 0 Å². The third kappa shape index (κ3) is 9.22. The molecule has 0 saturated heterocycles. The fourth-order valence-electron chi connectivity index (χ4n) is 2.68. The van der Waals surface area contributed by atoms with Crippen molar-refractivity contribution in [1.82, 2.24) is 0 Å². The molecule has 0 bridgehead atoms. The summed E-state index contributed by atoms with van der Waals surface area (Å²) in [5, 5.41) is 0. The molecule has 0 heteroatoms. The van der Waals surface area contributed by atoms with E-state index in [0.29, 0.717) is 5.92 Å². The van der Waals surface area contributed by atoms with Gasteiger partial charge in [0.15, 0.2) is 0 Å². The second-order valence-electron chi connectivity index (χ2n) is 7.39. The van der Waals surface area contributed by atoms with Crippen LogP contribution >= 0.6 is 0 Å². The Hall–Kier alpha value is -2.34. The highest BCUT2D eigenvalue weighted by atomic mass is 14.0. The van der Waals surface area contributed by atoms with Crippen LogP contribution in [0.1, 0.15) is 53.1 Å². The highest BCUT2D eigenvalue weighted by Gasteiger charge is 1.93. The highest BCUT2D eigenvalue weighted by Crippen LogP contribution is 2.11. The molecule has 138 valence electrons. The monoisotopic (exact) mass is 346 g/mol. The van der Waals surface area contributed by atoms with Crippen molar-refractivity contribution in [1.29, 1.82) is 0 Å². The van der Waals surface area contributed by atoms with Crippen LogP contribution in [0.3, 0.4) is 0 Å². The molecule has 0 aliphatic rings. The van der Waals surface area contributed by atoms with Crippen molar-refractivity contribution in [3.63, 3.8) is 0 Å². The molecule has 3 rings (SSSR count). The minimum absolute atomic E-state index is 0.659. The zero-order valence-electron chi connectivity index (χ0n) is 17.5. The van der Waals surface area contributed by atoms with Gasteiger partial charge in [0, 0.05) is 0 Å². The molecule has 26 heavy (non-hydrogen) atoms. The first-order valence-corrected chi connectivity index (χ1v) is 9.41. The number of benzene rings is 3. The fraction of sp³-hybridized carbons (Fsp3) is 0.308. The van der Waals surface area contributed by atoms with E-state index >= 15 is 0 Å². The summed E-state index contributed by atoms with van der Waals surface area (Å²) < 4.78 is 0. The minimum Gasteiger partial charge on any atom is -0.0622 e. The van der Waals surface area contributed by atoms with E-state index in [4.69, 9.17) is 0 Å². The van der Waals surface area contributed by atoms with E-state index in [0.717, 1.165) is 0 Å². The van der Waals surface area contributed by atoms with Gasteiger partial charge in [-0.3, -0.25) is 0 Å². The Labute approximate surface area is 160 Å². The third-order valence-electron chi connectivity index (χ3n) is 4.05. The van der Waals surface area contributed by atoms with Crippen LogP contribution in [0, 0.1) is 34.6 Å². The summed E-state index contributed by atoms with van der Waals surface area (Å²) in [5.74, 6) is 0.659. The minimum atomic E-state index is 0.659. The van der Waals surface area contributed by atoms with Crippen LogP contribution in [0.25, 0.3) is 0 Å². The van der Waals surface area contributed by atoms with Gasteiger partial charge in [-0.15, -0.1) is 0 Å². The van der Waals surface area contributed by atoms with Crippen LogP contribution in [0.5, 0.6) is 0 Å². The van der Waals surface area contributed by atoms with Crippen molar-refractivity contribution < 1.29 is 0 Å². The molecule has 0 radical (unpaired) electrons. The molecule has 0 fully saturated rings. The molecule has 0 spiro atoms. The Morgan fingerprint density at radius 3 is 1.08 bits per heavy atom. The summed E-state index contributed by atoms with van der Waals surface area (Å²) in [6.45, 7) is 15.0. The van der Waals surface area contributed by atoms with Crippen LogP contribution in [0.2, 0.25) is 0 Å². The second kappa shape index (κ2) is 11.3. The average Bonchev–Trinajstić information content (AvgIpc) is 2.58. The molecule has 0 aromatic heterocycles. The summed E-state index contributed by atoms with van der Waals surface area (Å²) in [7, 11) is 0. The lowest BCUT2D eigenvalue weighted by Gasteiger charge is -2.01. The van der Waals surface area contributed by atoms with Gasteiger partial charge in [-0.2, -0.15) is 0 Å². The maximum absolute atomic E-state index is 2.20. The van der Waals surface area contributed by atoms with Crippen LogP contribution in [-0.4, -0.2) is 0 Å². The van der Waals surface area contributed by atoms with E-state index in [2.05, 4.69) is 115 Å². The van der Waals surface area contributed by atoms with Crippen molar-refractivity contribution in [2.45, 2.75) is 54.4 Å². The van der Waals surface area contributed by atoms with Gasteiger partial charge < -0.3 is 0 Å². The van der Waals surface area contributed by atoms with Crippen molar-refractivity contribution in [2.24, 2.45) is 0 Å². The summed E-state index contributed by atoms with van der Waals surface area (Å²) in [4.78, 5) is 0. The Morgan fingerprint density at radius 2 is 0.808 bits per heavy atom. The number of hydrogen-bond acceptors (Lipinski definition) is 0. The summed E-state index contributed by atoms with van der Waals surface area (Å²) in [6, 6.07) is 25.6. The standard InChI is InChI=1S/2C9H12.C8H10/c1-7-4-8(2)6-9(3)5-7;1-8(2)9-6-4-3-5-7-9;1-7-3-5-8(2)6-4-7/h4-6H,1-3H3;3-8H,1-2H3;3-6H,1-2H3. The highest BCUT2D eigenvalue weighted by molar-refractivity contribution is 5.27. The summed E-state index contributed by atoms with van der Waals surface area (Å²) in [5.41, 5.74) is 8.14. The smallest absolute Gasteiger partial charge is 0.0219 e. The molecule has 0 N–H and O–H groups in total. The molecular weight excluding hydrogens is 312 g/mol. The predicted octanol–water partition coefficient (Wildman–Crippen LogP) is 7.73. The lowest BCUT2D eigenvalue weighted by Crippen LogP contribution is -1.83. The Morgan fingerprint density at radius 1 is 0.462 bits per heavy atom. The van der Waals surface area contributed by atoms with E-state index in [1.165, 1.54) is 33.4 Å². The average molecular weight is 347 g/mol. The van der Waals surface area contributed by atoms with Gasteiger partial charge in [0.1, 0.15) is 0 Å². The molecule has 0 atom stereocenters. The van der Waals surface area contributed by atoms with Gasteiger partial charge in [-0.05, 0) is 46.1 Å². The SMILES string of the molecule is CC(C)c1ccccc1.Cc1cc(C)cc(C)c1.Cc1ccc(C)cc1. The lowest BCUT2D eigenvalue weighted by molar-refractivity contribution is 0.867. The van der Waals surface area contributed by atoms with Gasteiger partial charge in [0.25, 0.3) is 0 Å². The summed E-state index contributed by atoms with van der Waals surface area (Å²) >= 11 is 0. The van der Waals surface area contributed by atoms with Crippen molar-refractivity contribution in [3.8, 4) is 0 Å². The first-order valence-electron chi connectivity index (χ1n) is 9.41. The maximum atomic E-state index is 2.20. The number of aryl methyl sites for hydroxylation is 5. The van der Waals surface area contributed by atoms with Gasteiger partial charge in [-0.1, -0.05) is 114 Å². The molecule has 3 aromatic rings. The lowest BCUT2D eigenvalue weighted by atomic mass is 10.0. The largest absolute Gasteiger partial charge is 0.0622 e. The molecule has 0 heterocycles. The molecule has 0 aliphatic heterocycles. The van der Waals surface area contributed by atoms with E-state index in [1.54, 1.807) is 0 Å². The van der Waals surface area contributed by atoms with Gasteiger partial charge >= 0.3 is 0 Å². The normalized spacial score (nSPS) is 9.69. The molecule has 0 unspecified atom stereocenters. The zero-order chi connectivity index (χ0) is 19.5. The molecular formula is C26H34. The first kappa shape index (κ1) is 21.7. The van der Waals surface area contributed by atoms with Crippen LogP contribution in [-0.2, 0) is 0 Å². The van der Waals surface area contributed by atoms with Gasteiger partial charge in [0.2, 0.25) is 0 Å². The molecule has 0 aliphatic carbocycles. The number of rotatable bonds is 1. The third-order valence-corrected chi connectivity index (χ3v) is 4.05. The maximum Gasteiger partial charge on any atom is -0.0219 e. The molecule has 3 aromatic carbocycles. The fourth-order valence-corrected chi connectivity index (χ4v) is 2.68. The first-order chi connectivity index (χ1) is 12.3. The van der Waals surface area contributed by atoms with Crippen LogP contribution < -0.4 is 0 Å².